The van der Waals surface area contributed by atoms with Gasteiger partial charge in [0.25, 0.3) is 15.9 Å². The van der Waals surface area contributed by atoms with Crippen LogP contribution in [0.15, 0.2) is 35.4 Å². The molecule has 0 saturated heterocycles. The highest BCUT2D eigenvalue weighted by molar-refractivity contribution is 7.89. The minimum atomic E-state index is -3.78. The number of aromatic nitrogens is 3. The van der Waals surface area contributed by atoms with Crippen LogP contribution in [-0.2, 0) is 27.7 Å². The number of hydrogen-bond acceptors (Lipinski definition) is 5. The smallest absolute Gasteiger partial charge is 0.270 e. The molecule has 1 aromatic carbocycles. The van der Waals surface area contributed by atoms with Gasteiger partial charge in [-0.2, -0.15) is 9.40 Å². The van der Waals surface area contributed by atoms with Gasteiger partial charge in [0.2, 0.25) is 0 Å². The van der Waals surface area contributed by atoms with E-state index in [4.69, 9.17) is 4.74 Å². The molecular weight excluding hydrogens is 394 g/mol. The van der Waals surface area contributed by atoms with Crippen LogP contribution in [0.1, 0.15) is 21.7 Å². The molecule has 9 nitrogen and oxygen atoms in total. The Morgan fingerprint density at radius 2 is 2.14 bits per heavy atom. The number of rotatable bonds is 6. The van der Waals surface area contributed by atoms with Gasteiger partial charge in [-0.25, -0.2) is 8.42 Å². The number of benzene rings is 1. The van der Waals surface area contributed by atoms with Gasteiger partial charge in [0, 0.05) is 55.8 Å². The largest absolute Gasteiger partial charge is 0.383 e. The van der Waals surface area contributed by atoms with Crippen LogP contribution in [0.25, 0.3) is 10.9 Å². The summed E-state index contributed by atoms with van der Waals surface area (Å²) in [5.74, 6) is -0.163. The van der Waals surface area contributed by atoms with Crippen molar-refractivity contribution >= 4 is 26.8 Å². The predicted molar refractivity (Wildman–Crippen MR) is 107 cm³/mol. The van der Waals surface area contributed by atoms with Gasteiger partial charge in [-0.05, 0) is 12.1 Å². The number of nitrogens with one attached hydrogen (secondary N) is 2. The minimum absolute atomic E-state index is 0.0275. The molecule has 0 aliphatic carbocycles. The van der Waals surface area contributed by atoms with Gasteiger partial charge >= 0.3 is 0 Å². The summed E-state index contributed by atoms with van der Waals surface area (Å²) in [7, 11) is -0.768. The molecule has 1 amide bonds. The average molecular weight is 417 g/mol. The number of aromatic amines is 2. The summed E-state index contributed by atoms with van der Waals surface area (Å²) in [5, 5.41) is 7.82. The zero-order chi connectivity index (χ0) is 20.6. The van der Waals surface area contributed by atoms with Crippen molar-refractivity contribution < 1.29 is 17.9 Å². The molecule has 3 heterocycles. The topological polar surface area (TPSA) is 111 Å². The third-order valence-electron chi connectivity index (χ3n) is 5.21. The van der Waals surface area contributed by atoms with Gasteiger partial charge in [0.1, 0.15) is 5.69 Å². The number of H-pyrrole nitrogens is 2. The molecule has 0 atom stereocenters. The van der Waals surface area contributed by atoms with Crippen LogP contribution in [0.4, 0.5) is 0 Å². The van der Waals surface area contributed by atoms with Crippen molar-refractivity contribution in [1.29, 1.82) is 0 Å². The predicted octanol–water partition coefficient (Wildman–Crippen LogP) is 1.36. The minimum Gasteiger partial charge on any atom is -0.383 e. The summed E-state index contributed by atoms with van der Waals surface area (Å²) < 4.78 is 32.0. The maximum atomic E-state index is 13.0. The van der Waals surface area contributed by atoms with E-state index in [1.54, 1.807) is 4.90 Å². The highest BCUT2D eigenvalue weighted by Crippen LogP contribution is 2.27. The molecule has 0 radical (unpaired) electrons. The Bertz CT molecular complexity index is 1120. The lowest BCUT2D eigenvalue weighted by atomic mass is 10.1. The molecule has 1 aliphatic rings. The summed E-state index contributed by atoms with van der Waals surface area (Å²) in [5.41, 5.74) is 2.68. The lowest BCUT2D eigenvalue weighted by molar-refractivity contribution is 0.0727. The summed E-state index contributed by atoms with van der Waals surface area (Å²) in [6, 6.07) is 9.49. The van der Waals surface area contributed by atoms with Crippen LogP contribution < -0.4 is 0 Å². The number of para-hydroxylation sites is 1. The molecule has 0 spiro atoms. The van der Waals surface area contributed by atoms with Crippen LogP contribution in [0.5, 0.6) is 0 Å². The average Bonchev–Trinajstić information content (AvgIpc) is 3.35. The maximum Gasteiger partial charge on any atom is 0.270 e. The fraction of sp³-hybridized carbons (Fsp3) is 0.368. The van der Waals surface area contributed by atoms with Crippen molar-refractivity contribution in [2.75, 3.05) is 33.9 Å². The molecule has 0 bridgehead atoms. The number of hydrogen-bond donors (Lipinski definition) is 2. The SMILES string of the molecule is COCCN(C)S(=O)(=O)c1n[nH]c2c1CN(C(=O)c1cc3ccccc3[nH]1)CC2. The lowest BCUT2D eigenvalue weighted by Crippen LogP contribution is -2.37. The highest BCUT2D eigenvalue weighted by atomic mass is 32.2. The Kier molecular flexibility index (Phi) is 5.15. The first kappa shape index (κ1) is 19.6. The number of ether oxygens (including phenoxy) is 1. The van der Waals surface area contributed by atoms with E-state index < -0.39 is 10.0 Å². The van der Waals surface area contributed by atoms with Crippen LogP contribution in [-0.4, -0.2) is 72.6 Å². The molecule has 10 heteroatoms. The van der Waals surface area contributed by atoms with Gasteiger partial charge in [-0.3, -0.25) is 9.89 Å². The summed E-state index contributed by atoms with van der Waals surface area (Å²) in [6.07, 6.45) is 0.519. The Labute approximate surface area is 168 Å². The maximum absolute atomic E-state index is 13.0. The Morgan fingerprint density at radius 3 is 2.90 bits per heavy atom. The monoisotopic (exact) mass is 417 g/mol. The van der Waals surface area contributed by atoms with E-state index in [0.717, 1.165) is 16.6 Å². The second-order valence-electron chi connectivity index (χ2n) is 7.05. The number of amides is 1. The number of carbonyl (C=O) groups excluding carboxylic acids is 1. The first-order valence-corrected chi connectivity index (χ1v) is 10.7. The van der Waals surface area contributed by atoms with Crippen LogP contribution in [0, 0.1) is 0 Å². The molecular formula is C19H23N5O4S. The highest BCUT2D eigenvalue weighted by Gasteiger charge is 2.33. The van der Waals surface area contributed by atoms with Crippen LogP contribution in [0.2, 0.25) is 0 Å². The number of fused-ring (bicyclic) bond motifs is 2. The molecule has 0 fully saturated rings. The fourth-order valence-electron chi connectivity index (χ4n) is 3.50. The van der Waals surface area contributed by atoms with Gasteiger partial charge in [-0.1, -0.05) is 18.2 Å². The molecule has 29 heavy (non-hydrogen) atoms. The van der Waals surface area contributed by atoms with Crippen molar-refractivity contribution in [2.24, 2.45) is 0 Å². The van der Waals surface area contributed by atoms with Gasteiger partial charge < -0.3 is 14.6 Å². The van der Waals surface area contributed by atoms with Crippen molar-refractivity contribution in [3.63, 3.8) is 0 Å². The molecule has 4 rings (SSSR count). The molecule has 2 aromatic heterocycles. The summed E-state index contributed by atoms with van der Waals surface area (Å²) in [6.45, 7) is 1.18. The molecule has 1 aliphatic heterocycles. The molecule has 154 valence electrons. The van der Waals surface area contributed by atoms with Crippen molar-refractivity contribution in [1.82, 2.24) is 24.4 Å². The molecule has 0 unspecified atom stereocenters. The Hall–Kier alpha value is -2.69. The molecule has 2 N–H and O–H groups in total. The van der Waals surface area contributed by atoms with E-state index >= 15 is 0 Å². The van der Waals surface area contributed by atoms with Gasteiger partial charge in [-0.15, -0.1) is 0 Å². The third kappa shape index (κ3) is 3.54. The van der Waals surface area contributed by atoms with Crippen LogP contribution in [0.3, 0.4) is 0 Å². The van der Waals surface area contributed by atoms with Gasteiger partial charge in [0.05, 0.1) is 13.2 Å². The number of carbonyl (C=O) groups is 1. The second kappa shape index (κ2) is 7.62. The van der Waals surface area contributed by atoms with Crippen molar-refractivity contribution in [2.45, 2.75) is 18.0 Å². The van der Waals surface area contributed by atoms with Crippen molar-refractivity contribution in [3.05, 3.63) is 47.3 Å². The van der Waals surface area contributed by atoms with E-state index in [9.17, 15) is 13.2 Å². The zero-order valence-corrected chi connectivity index (χ0v) is 17.1. The van der Waals surface area contributed by atoms with Gasteiger partial charge in [0.15, 0.2) is 5.03 Å². The van der Waals surface area contributed by atoms with E-state index in [-0.39, 0.29) is 30.6 Å². The quantitative estimate of drug-likeness (QED) is 0.629. The summed E-state index contributed by atoms with van der Waals surface area (Å²) >= 11 is 0. The molecule has 0 saturated carbocycles. The molecule has 3 aromatic rings. The van der Waals surface area contributed by atoms with Crippen molar-refractivity contribution in [3.8, 4) is 0 Å². The lowest BCUT2D eigenvalue weighted by Gasteiger charge is -2.27. The zero-order valence-electron chi connectivity index (χ0n) is 16.3. The standard InChI is InChI=1S/C19H23N5O4S/c1-23(9-10-28-2)29(26,27)18-14-12-24(8-7-16(14)21-22-18)19(25)17-11-13-5-3-4-6-15(13)20-17/h3-6,11,20H,7-10,12H2,1-2H3,(H,21,22). The van der Waals surface area contributed by atoms with E-state index in [1.165, 1.54) is 18.5 Å². The Balaban J connectivity index is 1.59. The van der Waals surface area contributed by atoms with Crippen LogP contribution >= 0.6 is 0 Å². The summed E-state index contributed by atoms with van der Waals surface area (Å²) in [4.78, 5) is 17.8. The first-order valence-electron chi connectivity index (χ1n) is 9.30. The van der Waals surface area contributed by atoms with E-state index in [0.29, 0.717) is 24.2 Å². The number of sulfonamides is 1. The Morgan fingerprint density at radius 1 is 1.34 bits per heavy atom. The second-order valence-corrected chi connectivity index (χ2v) is 9.01. The third-order valence-corrected chi connectivity index (χ3v) is 7.04. The number of methoxy groups -OCH3 is 1. The fourth-order valence-corrected chi connectivity index (χ4v) is 4.77. The number of nitrogens with zero attached hydrogens (tertiary/aromatic N) is 3. The van der Waals surface area contributed by atoms with E-state index in [1.807, 2.05) is 30.3 Å². The normalized spacial score (nSPS) is 14.5. The number of likely N-dealkylation sites (N-methyl/N-ethyl adjacent to an activating group) is 1. The van der Waals surface area contributed by atoms with E-state index in [2.05, 4.69) is 15.2 Å². The first-order chi connectivity index (χ1) is 13.9.